The Morgan fingerprint density at radius 3 is 2.68 bits per heavy atom. The molecule has 1 aromatic rings. The number of nitrogens with one attached hydrogen (secondary N) is 2. The van der Waals surface area contributed by atoms with Gasteiger partial charge in [-0.3, -0.25) is 0 Å². The lowest BCUT2D eigenvalue weighted by Crippen LogP contribution is -2.44. The van der Waals surface area contributed by atoms with Crippen LogP contribution in [-0.2, 0) is 6.42 Å². The number of rotatable bonds is 4. The molecule has 102 valence electrons. The zero-order valence-corrected chi connectivity index (χ0v) is 12.1. The average molecular weight is 274 g/mol. The third kappa shape index (κ3) is 3.27. The first-order valence-electron chi connectivity index (χ1n) is 7.39. The number of thiocarbonyl (C=S) groups is 1. The van der Waals surface area contributed by atoms with Gasteiger partial charge >= 0.3 is 0 Å². The predicted molar refractivity (Wildman–Crippen MR) is 83.1 cm³/mol. The van der Waals surface area contributed by atoms with Crippen molar-refractivity contribution in [2.24, 2.45) is 11.8 Å². The van der Waals surface area contributed by atoms with Gasteiger partial charge in [-0.15, -0.1) is 0 Å². The summed E-state index contributed by atoms with van der Waals surface area (Å²) in [5, 5.41) is 7.70. The third-order valence-electron chi connectivity index (χ3n) is 4.60. The minimum absolute atomic E-state index is 0.635. The molecule has 2 aliphatic carbocycles. The number of hydrogen-bond acceptors (Lipinski definition) is 1. The minimum atomic E-state index is 0.635. The smallest absolute Gasteiger partial charge is 0.166 e. The zero-order valence-electron chi connectivity index (χ0n) is 11.3. The molecule has 0 amide bonds. The molecular weight excluding hydrogens is 252 g/mol. The summed E-state index contributed by atoms with van der Waals surface area (Å²) >= 11 is 5.40. The van der Waals surface area contributed by atoms with Gasteiger partial charge in [0.05, 0.1) is 0 Å². The maximum atomic E-state index is 5.40. The second kappa shape index (κ2) is 5.91. The molecule has 0 heterocycles. The van der Waals surface area contributed by atoms with Crippen LogP contribution in [0.5, 0.6) is 0 Å². The van der Waals surface area contributed by atoms with Crippen LogP contribution in [0.2, 0.25) is 0 Å². The van der Waals surface area contributed by atoms with Crippen LogP contribution in [0.15, 0.2) is 30.3 Å². The van der Waals surface area contributed by atoms with E-state index in [2.05, 4.69) is 41.0 Å². The minimum Gasteiger partial charge on any atom is -0.362 e. The Morgan fingerprint density at radius 1 is 1.16 bits per heavy atom. The summed E-state index contributed by atoms with van der Waals surface area (Å²) in [4.78, 5) is 0. The number of hydrogen-bond donors (Lipinski definition) is 2. The SMILES string of the molecule is S=C(NCCc1ccccc1)N[C@@H]1C[C@H]2CC[C@@H]1C2. The molecule has 2 fully saturated rings. The fourth-order valence-corrected chi connectivity index (χ4v) is 3.86. The van der Waals surface area contributed by atoms with Crippen molar-refractivity contribution in [3.8, 4) is 0 Å². The average Bonchev–Trinajstić information content (AvgIpc) is 3.02. The van der Waals surface area contributed by atoms with Crippen molar-refractivity contribution in [2.45, 2.75) is 38.1 Å². The Morgan fingerprint density at radius 2 is 2.00 bits per heavy atom. The van der Waals surface area contributed by atoms with Crippen LogP contribution in [0.1, 0.15) is 31.2 Å². The van der Waals surface area contributed by atoms with Gasteiger partial charge in [0.2, 0.25) is 0 Å². The van der Waals surface area contributed by atoms with Crippen LogP contribution in [0, 0.1) is 11.8 Å². The van der Waals surface area contributed by atoms with Crippen molar-refractivity contribution in [1.82, 2.24) is 10.6 Å². The summed E-state index contributed by atoms with van der Waals surface area (Å²) in [7, 11) is 0. The van der Waals surface area contributed by atoms with Crippen LogP contribution < -0.4 is 10.6 Å². The van der Waals surface area contributed by atoms with Gasteiger partial charge in [-0.1, -0.05) is 36.8 Å². The molecule has 2 saturated carbocycles. The van der Waals surface area contributed by atoms with Gasteiger partial charge in [0.15, 0.2) is 5.11 Å². The molecule has 2 nitrogen and oxygen atoms in total. The lowest BCUT2D eigenvalue weighted by Gasteiger charge is -2.24. The van der Waals surface area contributed by atoms with Crippen molar-refractivity contribution in [3.63, 3.8) is 0 Å². The van der Waals surface area contributed by atoms with Gasteiger partial charge in [0.1, 0.15) is 0 Å². The van der Waals surface area contributed by atoms with E-state index < -0.39 is 0 Å². The van der Waals surface area contributed by atoms with Crippen molar-refractivity contribution in [3.05, 3.63) is 35.9 Å². The number of benzene rings is 1. The van der Waals surface area contributed by atoms with Gasteiger partial charge in [0.25, 0.3) is 0 Å². The van der Waals surface area contributed by atoms with E-state index >= 15 is 0 Å². The Kier molecular flexibility index (Phi) is 4.02. The van der Waals surface area contributed by atoms with E-state index in [0.29, 0.717) is 6.04 Å². The fourth-order valence-electron chi connectivity index (χ4n) is 3.61. The molecule has 3 atom stereocenters. The Labute approximate surface area is 121 Å². The lowest BCUT2D eigenvalue weighted by molar-refractivity contribution is 0.389. The molecule has 3 rings (SSSR count). The lowest BCUT2D eigenvalue weighted by atomic mass is 9.96. The molecule has 0 spiro atoms. The van der Waals surface area contributed by atoms with E-state index in [1.807, 2.05) is 0 Å². The summed E-state index contributed by atoms with van der Waals surface area (Å²) in [6, 6.07) is 11.2. The second-order valence-corrected chi connectivity index (χ2v) is 6.33. The van der Waals surface area contributed by atoms with Crippen molar-refractivity contribution < 1.29 is 0 Å². The van der Waals surface area contributed by atoms with E-state index in [1.165, 1.54) is 31.2 Å². The molecule has 2 bridgehead atoms. The van der Waals surface area contributed by atoms with Crippen LogP contribution in [-0.4, -0.2) is 17.7 Å². The predicted octanol–water partition coefficient (Wildman–Crippen LogP) is 2.88. The molecule has 0 unspecified atom stereocenters. The summed E-state index contributed by atoms with van der Waals surface area (Å²) < 4.78 is 0. The molecule has 2 N–H and O–H groups in total. The molecule has 0 radical (unpaired) electrons. The normalized spacial score (nSPS) is 28.3. The molecular formula is C16H22N2S. The molecule has 0 aromatic heterocycles. The van der Waals surface area contributed by atoms with Gasteiger partial charge in [-0.2, -0.15) is 0 Å². The van der Waals surface area contributed by atoms with Crippen LogP contribution >= 0.6 is 12.2 Å². The molecule has 0 saturated heterocycles. The van der Waals surface area contributed by atoms with E-state index in [4.69, 9.17) is 12.2 Å². The first kappa shape index (κ1) is 12.9. The molecule has 3 heteroatoms. The zero-order chi connectivity index (χ0) is 13.1. The summed E-state index contributed by atoms with van der Waals surface area (Å²) in [5.41, 5.74) is 1.36. The molecule has 0 aliphatic heterocycles. The topological polar surface area (TPSA) is 24.1 Å². The summed E-state index contributed by atoms with van der Waals surface area (Å²) in [6.07, 6.45) is 6.61. The largest absolute Gasteiger partial charge is 0.362 e. The van der Waals surface area contributed by atoms with Crippen LogP contribution in [0.4, 0.5) is 0 Å². The highest BCUT2D eigenvalue weighted by Crippen LogP contribution is 2.44. The fraction of sp³-hybridized carbons (Fsp3) is 0.562. The Bertz CT molecular complexity index is 432. The van der Waals surface area contributed by atoms with E-state index in [1.54, 1.807) is 0 Å². The maximum absolute atomic E-state index is 5.40. The summed E-state index contributed by atoms with van der Waals surface area (Å²) in [5.74, 6) is 1.84. The van der Waals surface area contributed by atoms with Gasteiger partial charge in [-0.25, -0.2) is 0 Å². The van der Waals surface area contributed by atoms with Gasteiger partial charge in [0, 0.05) is 12.6 Å². The molecule has 1 aromatic carbocycles. The van der Waals surface area contributed by atoms with Crippen LogP contribution in [0.3, 0.4) is 0 Å². The quantitative estimate of drug-likeness (QED) is 0.826. The highest BCUT2D eigenvalue weighted by molar-refractivity contribution is 7.80. The van der Waals surface area contributed by atoms with E-state index in [0.717, 1.165) is 29.9 Å². The van der Waals surface area contributed by atoms with Crippen molar-refractivity contribution >= 4 is 17.3 Å². The Hall–Kier alpha value is -1.09. The Balaban J connectivity index is 1.38. The highest BCUT2D eigenvalue weighted by atomic mass is 32.1. The first-order chi connectivity index (χ1) is 9.31. The van der Waals surface area contributed by atoms with Gasteiger partial charge in [-0.05, 0) is 55.3 Å². The first-order valence-corrected chi connectivity index (χ1v) is 7.80. The van der Waals surface area contributed by atoms with Crippen molar-refractivity contribution in [1.29, 1.82) is 0 Å². The summed E-state index contributed by atoms with van der Waals surface area (Å²) in [6.45, 7) is 0.913. The number of fused-ring (bicyclic) bond motifs is 2. The third-order valence-corrected chi connectivity index (χ3v) is 4.86. The van der Waals surface area contributed by atoms with E-state index in [9.17, 15) is 0 Å². The molecule has 2 aliphatic rings. The standard InChI is InChI=1S/C16H22N2S/c19-16(17-9-8-12-4-2-1-3-5-12)18-15-11-13-6-7-14(15)10-13/h1-5,13-15H,6-11H2,(H2,17,18,19)/t13-,14+,15+/m0/s1. The van der Waals surface area contributed by atoms with Crippen LogP contribution in [0.25, 0.3) is 0 Å². The van der Waals surface area contributed by atoms with Crippen molar-refractivity contribution in [2.75, 3.05) is 6.54 Å². The monoisotopic (exact) mass is 274 g/mol. The second-order valence-electron chi connectivity index (χ2n) is 5.92. The van der Waals surface area contributed by atoms with E-state index in [-0.39, 0.29) is 0 Å². The highest BCUT2D eigenvalue weighted by Gasteiger charge is 2.39. The maximum Gasteiger partial charge on any atom is 0.166 e. The molecule has 19 heavy (non-hydrogen) atoms. The van der Waals surface area contributed by atoms with Gasteiger partial charge < -0.3 is 10.6 Å².